The molecule has 32 heavy (non-hydrogen) atoms. The van der Waals surface area contributed by atoms with E-state index in [9.17, 15) is 14.4 Å². The molecule has 0 aliphatic carbocycles. The number of carbonyl (C=O) groups is 3. The second-order valence-corrected chi connectivity index (χ2v) is 7.40. The molecule has 1 heterocycles. The first-order valence-corrected chi connectivity index (χ1v) is 10.5. The molecule has 8 nitrogen and oxygen atoms in total. The number of anilines is 1. The first-order chi connectivity index (χ1) is 15.6. The number of aromatic nitrogens is 1. The Morgan fingerprint density at radius 1 is 0.906 bits per heavy atom. The summed E-state index contributed by atoms with van der Waals surface area (Å²) in [5.41, 5.74) is 3.32. The Morgan fingerprint density at radius 3 is 2.47 bits per heavy atom. The molecule has 4 N–H and O–H groups in total. The third kappa shape index (κ3) is 6.36. The molecule has 8 heteroatoms. The normalized spacial score (nSPS) is 11.5. The number of pyridine rings is 1. The zero-order valence-corrected chi connectivity index (χ0v) is 17.6. The standard InChI is InChI=1S/C24H26N4O4/c29-21(28-32)15-6-2-5-13-20(27-23(30)18-9-3-1-4-10-18)24(31)26-19-14-7-11-17-12-8-16-25-22(17)19/h1,3-4,7-12,14,16,20,32H,2,5-6,13,15H2,(H,26,31)(H,27,30)(H,28,29)/t20-/m1/s1. The quantitative estimate of drug-likeness (QED) is 0.221. The zero-order chi connectivity index (χ0) is 22.8. The molecule has 0 bridgehead atoms. The van der Waals surface area contributed by atoms with Crippen LogP contribution in [0, 0.1) is 0 Å². The number of benzene rings is 2. The van der Waals surface area contributed by atoms with Crippen molar-refractivity contribution in [2.45, 2.75) is 38.1 Å². The van der Waals surface area contributed by atoms with Crippen LogP contribution in [0.5, 0.6) is 0 Å². The first-order valence-electron chi connectivity index (χ1n) is 10.5. The fraction of sp³-hybridized carbons (Fsp3) is 0.250. The van der Waals surface area contributed by atoms with Crippen LogP contribution in [0.2, 0.25) is 0 Å². The van der Waals surface area contributed by atoms with Gasteiger partial charge < -0.3 is 10.6 Å². The highest BCUT2D eigenvalue weighted by Crippen LogP contribution is 2.21. The van der Waals surface area contributed by atoms with E-state index >= 15 is 0 Å². The summed E-state index contributed by atoms with van der Waals surface area (Å²) in [6, 6.07) is 17.2. The summed E-state index contributed by atoms with van der Waals surface area (Å²) in [6.07, 6.45) is 4.14. The zero-order valence-electron chi connectivity index (χ0n) is 17.6. The van der Waals surface area contributed by atoms with Crippen molar-refractivity contribution in [1.82, 2.24) is 15.8 Å². The lowest BCUT2D eigenvalue weighted by Crippen LogP contribution is -2.43. The highest BCUT2D eigenvalue weighted by atomic mass is 16.5. The van der Waals surface area contributed by atoms with Gasteiger partial charge in [-0.05, 0) is 37.1 Å². The van der Waals surface area contributed by atoms with Gasteiger partial charge in [0.1, 0.15) is 6.04 Å². The molecule has 0 unspecified atom stereocenters. The second kappa shape index (κ2) is 11.6. The number of hydroxylamine groups is 1. The van der Waals surface area contributed by atoms with Gasteiger partial charge in [0.05, 0.1) is 11.2 Å². The molecule has 1 aromatic heterocycles. The van der Waals surface area contributed by atoms with Gasteiger partial charge >= 0.3 is 0 Å². The van der Waals surface area contributed by atoms with Crippen molar-refractivity contribution in [2.75, 3.05) is 5.32 Å². The summed E-state index contributed by atoms with van der Waals surface area (Å²) in [7, 11) is 0. The molecular formula is C24H26N4O4. The number of nitrogens with one attached hydrogen (secondary N) is 3. The van der Waals surface area contributed by atoms with E-state index < -0.39 is 11.9 Å². The smallest absolute Gasteiger partial charge is 0.251 e. The Kier molecular flexibility index (Phi) is 8.28. The number of nitrogens with zero attached hydrogens (tertiary/aromatic N) is 1. The number of carbonyl (C=O) groups excluding carboxylic acids is 3. The number of rotatable bonds is 10. The van der Waals surface area contributed by atoms with Crippen molar-refractivity contribution >= 4 is 34.3 Å². The van der Waals surface area contributed by atoms with Gasteiger partial charge in [0.15, 0.2) is 0 Å². The molecule has 166 valence electrons. The molecule has 0 saturated carbocycles. The topological polar surface area (TPSA) is 120 Å². The number of hydrogen-bond donors (Lipinski definition) is 4. The molecule has 0 spiro atoms. The first kappa shape index (κ1) is 22.9. The number of unbranched alkanes of at least 4 members (excludes halogenated alkanes) is 2. The van der Waals surface area contributed by atoms with Crippen molar-refractivity contribution in [2.24, 2.45) is 0 Å². The Labute approximate surface area is 186 Å². The van der Waals surface area contributed by atoms with E-state index in [0.29, 0.717) is 42.5 Å². The van der Waals surface area contributed by atoms with Gasteiger partial charge in [0.2, 0.25) is 11.8 Å². The van der Waals surface area contributed by atoms with Crippen LogP contribution in [-0.2, 0) is 9.59 Å². The molecule has 3 rings (SSSR count). The van der Waals surface area contributed by atoms with Crippen LogP contribution in [0.25, 0.3) is 10.9 Å². The maximum absolute atomic E-state index is 13.1. The van der Waals surface area contributed by atoms with Crippen molar-refractivity contribution in [3.8, 4) is 0 Å². The Hall–Kier alpha value is -3.78. The molecule has 0 fully saturated rings. The van der Waals surface area contributed by atoms with Crippen molar-refractivity contribution in [1.29, 1.82) is 0 Å². The average Bonchev–Trinajstić information content (AvgIpc) is 2.83. The Morgan fingerprint density at radius 2 is 1.69 bits per heavy atom. The SMILES string of the molecule is O=C(CCCCC[C@@H](NC(=O)c1ccccc1)C(=O)Nc1cccc2cccnc12)NO. The highest BCUT2D eigenvalue weighted by Gasteiger charge is 2.22. The number of fused-ring (bicyclic) bond motifs is 1. The number of amides is 3. The van der Waals surface area contributed by atoms with Crippen LogP contribution in [0.4, 0.5) is 5.69 Å². The van der Waals surface area contributed by atoms with Gasteiger partial charge in [0.25, 0.3) is 5.91 Å². The van der Waals surface area contributed by atoms with Crippen LogP contribution in [-0.4, -0.2) is 34.0 Å². The van der Waals surface area contributed by atoms with Crippen LogP contribution >= 0.6 is 0 Å². The minimum absolute atomic E-state index is 0.200. The van der Waals surface area contributed by atoms with E-state index in [0.717, 1.165) is 5.39 Å². The van der Waals surface area contributed by atoms with E-state index in [-0.39, 0.29) is 18.2 Å². The fourth-order valence-electron chi connectivity index (χ4n) is 3.39. The van der Waals surface area contributed by atoms with Crippen molar-refractivity contribution in [3.05, 3.63) is 72.4 Å². The van der Waals surface area contributed by atoms with Gasteiger partial charge in [-0.1, -0.05) is 49.2 Å². The predicted molar refractivity (Wildman–Crippen MR) is 121 cm³/mol. The number of para-hydroxylation sites is 1. The average molecular weight is 434 g/mol. The Bertz CT molecular complexity index is 1070. The molecule has 1 atom stereocenters. The van der Waals surface area contributed by atoms with E-state index in [2.05, 4.69) is 15.6 Å². The highest BCUT2D eigenvalue weighted by molar-refractivity contribution is 6.04. The molecule has 0 aliphatic heterocycles. The van der Waals surface area contributed by atoms with E-state index in [1.54, 1.807) is 42.0 Å². The van der Waals surface area contributed by atoms with E-state index in [1.165, 1.54) is 0 Å². The third-order valence-electron chi connectivity index (χ3n) is 5.07. The summed E-state index contributed by atoms with van der Waals surface area (Å²) in [6.45, 7) is 0. The summed E-state index contributed by atoms with van der Waals surface area (Å²) in [4.78, 5) is 41.2. The monoisotopic (exact) mass is 434 g/mol. The van der Waals surface area contributed by atoms with E-state index in [4.69, 9.17) is 5.21 Å². The van der Waals surface area contributed by atoms with Gasteiger partial charge in [-0.25, -0.2) is 5.48 Å². The lowest BCUT2D eigenvalue weighted by atomic mass is 10.0. The predicted octanol–water partition coefficient (Wildman–Crippen LogP) is 3.43. The fourth-order valence-corrected chi connectivity index (χ4v) is 3.39. The van der Waals surface area contributed by atoms with Gasteiger partial charge in [0, 0.05) is 23.6 Å². The minimum atomic E-state index is -0.756. The minimum Gasteiger partial charge on any atom is -0.340 e. The molecular weight excluding hydrogens is 408 g/mol. The summed E-state index contributed by atoms with van der Waals surface area (Å²) >= 11 is 0. The molecule has 0 radical (unpaired) electrons. The van der Waals surface area contributed by atoms with Gasteiger partial charge in [-0.15, -0.1) is 0 Å². The summed E-state index contributed by atoms with van der Waals surface area (Å²) in [5.74, 6) is -1.11. The maximum Gasteiger partial charge on any atom is 0.251 e. The van der Waals surface area contributed by atoms with Crippen molar-refractivity contribution in [3.63, 3.8) is 0 Å². The van der Waals surface area contributed by atoms with Gasteiger partial charge in [-0.3, -0.25) is 24.6 Å². The lowest BCUT2D eigenvalue weighted by Gasteiger charge is -2.19. The lowest BCUT2D eigenvalue weighted by molar-refractivity contribution is -0.129. The van der Waals surface area contributed by atoms with Crippen LogP contribution < -0.4 is 16.1 Å². The van der Waals surface area contributed by atoms with Crippen molar-refractivity contribution < 1.29 is 19.6 Å². The molecule has 0 saturated heterocycles. The summed E-state index contributed by atoms with van der Waals surface area (Å²) < 4.78 is 0. The van der Waals surface area contributed by atoms with Crippen LogP contribution in [0.3, 0.4) is 0 Å². The molecule has 0 aliphatic rings. The van der Waals surface area contributed by atoms with Crippen LogP contribution in [0.15, 0.2) is 66.9 Å². The molecule has 3 aromatic rings. The van der Waals surface area contributed by atoms with Crippen LogP contribution in [0.1, 0.15) is 42.5 Å². The third-order valence-corrected chi connectivity index (χ3v) is 5.07. The largest absolute Gasteiger partial charge is 0.340 e. The Balaban J connectivity index is 1.69. The molecule has 2 aromatic carbocycles. The van der Waals surface area contributed by atoms with E-state index in [1.807, 2.05) is 30.3 Å². The second-order valence-electron chi connectivity index (χ2n) is 7.40. The van der Waals surface area contributed by atoms with Gasteiger partial charge in [-0.2, -0.15) is 0 Å². The maximum atomic E-state index is 13.1. The number of hydrogen-bond acceptors (Lipinski definition) is 5. The summed E-state index contributed by atoms with van der Waals surface area (Å²) in [5, 5.41) is 15.2. The molecule has 3 amide bonds.